The molecule has 0 aliphatic rings. The van der Waals surface area contributed by atoms with Crippen LogP contribution in [-0.4, -0.2) is 23.9 Å². The molecule has 0 fully saturated rings. The molecule has 7 heteroatoms. The smallest absolute Gasteiger partial charge is 0.310 e. The van der Waals surface area contributed by atoms with E-state index in [1.165, 1.54) is 0 Å². The van der Waals surface area contributed by atoms with Crippen molar-refractivity contribution in [3.63, 3.8) is 0 Å². The molecule has 0 aliphatic heterocycles. The highest BCUT2D eigenvalue weighted by atomic mass is 32.1. The minimum atomic E-state index is -4.47. The molecule has 1 aromatic rings. The second-order valence-corrected chi connectivity index (χ2v) is 4.16. The highest BCUT2D eigenvalue weighted by Gasteiger charge is 2.35. The standard InChI is InChI=1S/C9H11F3N2OS/c1-2-3-13-4-6(15)7-5-14-8(16-7)9(10,11)12/h5,13H,2-4H2,1H3. The zero-order valence-electron chi connectivity index (χ0n) is 8.60. The molecule has 90 valence electrons. The van der Waals surface area contributed by atoms with E-state index < -0.39 is 11.2 Å². The fraction of sp³-hybridized carbons (Fsp3) is 0.556. The van der Waals surface area contributed by atoms with Gasteiger partial charge in [-0.2, -0.15) is 13.2 Å². The SMILES string of the molecule is CCCNCC(=O)c1cnc(C(F)(F)F)s1. The molecule has 3 nitrogen and oxygen atoms in total. The maximum atomic E-state index is 12.2. The number of rotatable bonds is 5. The lowest BCUT2D eigenvalue weighted by atomic mass is 10.3. The fourth-order valence-corrected chi connectivity index (χ4v) is 1.72. The van der Waals surface area contributed by atoms with Gasteiger partial charge in [-0.25, -0.2) is 4.98 Å². The molecule has 0 atom stereocenters. The summed E-state index contributed by atoms with van der Waals surface area (Å²) in [6.45, 7) is 2.65. The van der Waals surface area contributed by atoms with Crippen molar-refractivity contribution >= 4 is 17.1 Å². The first kappa shape index (κ1) is 13.1. The topological polar surface area (TPSA) is 42.0 Å². The van der Waals surface area contributed by atoms with Gasteiger partial charge in [-0.15, -0.1) is 11.3 Å². The van der Waals surface area contributed by atoms with Crippen molar-refractivity contribution in [3.05, 3.63) is 16.1 Å². The zero-order valence-corrected chi connectivity index (χ0v) is 9.41. The van der Waals surface area contributed by atoms with Gasteiger partial charge in [0.05, 0.1) is 11.4 Å². The maximum Gasteiger partial charge on any atom is 0.443 e. The van der Waals surface area contributed by atoms with E-state index in [-0.39, 0.29) is 17.2 Å². The van der Waals surface area contributed by atoms with Crippen LogP contribution in [0.3, 0.4) is 0 Å². The Balaban J connectivity index is 2.60. The Hall–Kier alpha value is -0.950. The van der Waals surface area contributed by atoms with Gasteiger partial charge in [0, 0.05) is 6.20 Å². The predicted octanol–water partition coefficient (Wildman–Crippen LogP) is 2.34. The zero-order chi connectivity index (χ0) is 12.2. The fourth-order valence-electron chi connectivity index (χ4n) is 1.000. The highest BCUT2D eigenvalue weighted by Crippen LogP contribution is 2.32. The quantitative estimate of drug-likeness (QED) is 0.646. The Labute approximate surface area is 94.7 Å². The van der Waals surface area contributed by atoms with Crippen LogP contribution < -0.4 is 5.32 Å². The number of carbonyl (C=O) groups excluding carboxylic acids is 1. The third kappa shape index (κ3) is 3.57. The molecule has 0 spiro atoms. The van der Waals surface area contributed by atoms with Gasteiger partial charge in [0.25, 0.3) is 0 Å². The predicted molar refractivity (Wildman–Crippen MR) is 54.6 cm³/mol. The maximum absolute atomic E-state index is 12.2. The summed E-state index contributed by atoms with van der Waals surface area (Å²) in [5, 5.41) is 1.85. The van der Waals surface area contributed by atoms with Crippen molar-refractivity contribution in [3.8, 4) is 0 Å². The van der Waals surface area contributed by atoms with Gasteiger partial charge < -0.3 is 5.32 Å². The lowest BCUT2D eigenvalue weighted by Gasteiger charge is -2.00. The first-order valence-electron chi connectivity index (χ1n) is 4.72. The molecule has 0 aliphatic carbocycles. The lowest BCUT2D eigenvalue weighted by Crippen LogP contribution is -2.23. The van der Waals surface area contributed by atoms with Crippen molar-refractivity contribution in [2.45, 2.75) is 19.5 Å². The summed E-state index contributed by atoms with van der Waals surface area (Å²) in [6.07, 6.45) is -2.63. The number of carbonyl (C=O) groups is 1. The molecule has 0 saturated heterocycles. The summed E-state index contributed by atoms with van der Waals surface area (Å²) in [5.41, 5.74) is 0. The number of alkyl halides is 3. The average molecular weight is 252 g/mol. The summed E-state index contributed by atoms with van der Waals surface area (Å²) >= 11 is 0.380. The minimum absolute atomic E-state index is 0.0379. The van der Waals surface area contributed by atoms with Gasteiger partial charge in [0.1, 0.15) is 0 Å². The molecule has 0 bridgehead atoms. The number of nitrogens with zero attached hydrogens (tertiary/aromatic N) is 1. The summed E-state index contributed by atoms with van der Waals surface area (Å²) in [5.74, 6) is -0.360. The van der Waals surface area contributed by atoms with Crippen LogP contribution in [0.1, 0.15) is 28.0 Å². The van der Waals surface area contributed by atoms with Crippen LogP contribution in [-0.2, 0) is 6.18 Å². The minimum Gasteiger partial charge on any atom is -0.310 e. The van der Waals surface area contributed by atoms with E-state index in [4.69, 9.17) is 0 Å². The van der Waals surface area contributed by atoms with Gasteiger partial charge in [-0.1, -0.05) is 6.92 Å². The number of hydrogen-bond donors (Lipinski definition) is 1. The number of hydrogen-bond acceptors (Lipinski definition) is 4. The molecule has 1 heterocycles. The summed E-state index contributed by atoms with van der Waals surface area (Å²) < 4.78 is 36.6. The largest absolute Gasteiger partial charge is 0.443 e. The van der Waals surface area contributed by atoms with Crippen LogP contribution in [0.2, 0.25) is 0 Å². The molecule has 0 unspecified atom stereocenters. The normalized spacial score (nSPS) is 11.8. The Morgan fingerprint density at radius 1 is 1.56 bits per heavy atom. The number of nitrogens with one attached hydrogen (secondary N) is 1. The lowest BCUT2D eigenvalue weighted by molar-refractivity contribution is -0.137. The first-order chi connectivity index (χ1) is 7.45. The molecule has 1 N–H and O–H groups in total. The molecular formula is C9H11F3N2OS. The van der Waals surface area contributed by atoms with E-state index in [2.05, 4.69) is 10.3 Å². The van der Waals surface area contributed by atoms with Crippen molar-refractivity contribution in [1.29, 1.82) is 0 Å². The third-order valence-corrected chi connectivity index (χ3v) is 2.82. The first-order valence-corrected chi connectivity index (χ1v) is 5.53. The molecule has 0 saturated carbocycles. The third-order valence-electron chi connectivity index (χ3n) is 1.74. The van der Waals surface area contributed by atoms with Gasteiger partial charge in [-0.3, -0.25) is 4.79 Å². The van der Waals surface area contributed by atoms with E-state index >= 15 is 0 Å². The number of ketones is 1. The van der Waals surface area contributed by atoms with Crippen LogP contribution in [0.15, 0.2) is 6.20 Å². The monoisotopic (exact) mass is 252 g/mol. The number of aromatic nitrogens is 1. The summed E-state index contributed by atoms with van der Waals surface area (Å²) in [4.78, 5) is 14.6. The van der Waals surface area contributed by atoms with Crippen LogP contribution in [0.4, 0.5) is 13.2 Å². The van der Waals surface area contributed by atoms with Gasteiger partial charge in [0.2, 0.25) is 0 Å². The Kier molecular flexibility index (Phi) is 4.43. The van der Waals surface area contributed by atoms with Crippen molar-refractivity contribution in [1.82, 2.24) is 10.3 Å². The second-order valence-electron chi connectivity index (χ2n) is 3.13. The Morgan fingerprint density at radius 2 is 2.25 bits per heavy atom. The molecule has 1 aromatic heterocycles. The Morgan fingerprint density at radius 3 is 2.75 bits per heavy atom. The van der Waals surface area contributed by atoms with Gasteiger partial charge >= 0.3 is 6.18 Å². The molecule has 0 radical (unpaired) electrons. The highest BCUT2D eigenvalue weighted by molar-refractivity contribution is 7.13. The number of halogens is 3. The van der Waals surface area contributed by atoms with Crippen molar-refractivity contribution in [2.24, 2.45) is 0 Å². The van der Waals surface area contributed by atoms with Gasteiger partial charge in [-0.05, 0) is 13.0 Å². The number of Topliss-reactive ketones (excluding diaryl/α,β-unsaturated/α-hetero) is 1. The van der Waals surface area contributed by atoms with Gasteiger partial charge in [0.15, 0.2) is 10.8 Å². The van der Waals surface area contributed by atoms with Crippen LogP contribution >= 0.6 is 11.3 Å². The Bertz CT molecular complexity index is 362. The average Bonchev–Trinajstić information content (AvgIpc) is 2.66. The van der Waals surface area contributed by atoms with Crippen LogP contribution in [0.25, 0.3) is 0 Å². The molecule has 0 amide bonds. The molecule has 0 aromatic carbocycles. The second kappa shape index (κ2) is 5.40. The number of thiazole rings is 1. The molecule has 1 rings (SSSR count). The van der Waals surface area contributed by atoms with Crippen molar-refractivity contribution in [2.75, 3.05) is 13.1 Å². The molecular weight excluding hydrogens is 241 g/mol. The van der Waals surface area contributed by atoms with Crippen LogP contribution in [0, 0.1) is 0 Å². The van der Waals surface area contributed by atoms with Crippen LogP contribution in [0.5, 0.6) is 0 Å². The van der Waals surface area contributed by atoms with E-state index in [1.54, 1.807) is 0 Å². The molecule has 16 heavy (non-hydrogen) atoms. The van der Waals surface area contributed by atoms with E-state index in [9.17, 15) is 18.0 Å². The van der Waals surface area contributed by atoms with E-state index in [1.807, 2.05) is 6.92 Å². The van der Waals surface area contributed by atoms with E-state index in [0.717, 1.165) is 12.6 Å². The summed E-state index contributed by atoms with van der Waals surface area (Å²) in [7, 11) is 0. The summed E-state index contributed by atoms with van der Waals surface area (Å²) in [6, 6.07) is 0. The van der Waals surface area contributed by atoms with Crippen molar-refractivity contribution < 1.29 is 18.0 Å². The van der Waals surface area contributed by atoms with E-state index in [0.29, 0.717) is 17.9 Å².